The van der Waals surface area contributed by atoms with Crippen LogP contribution in [0.1, 0.15) is 36.6 Å². The highest BCUT2D eigenvalue weighted by molar-refractivity contribution is 6.30. The predicted molar refractivity (Wildman–Crippen MR) is 103 cm³/mol. The summed E-state index contributed by atoms with van der Waals surface area (Å²) >= 11 is 6.04. The lowest BCUT2D eigenvalue weighted by atomic mass is 9.93. The SMILES string of the molecule is CCOc1ccc([C@@H]2C[C@@H](c3ccc(Cl)cc3)n3nc(N)nc3N2)cc1. The van der Waals surface area contributed by atoms with Crippen molar-refractivity contribution in [3.63, 3.8) is 0 Å². The molecule has 3 N–H and O–H groups in total. The van der Waals surface area contributed by atoms with Gasteiger partial charge in [0.1, 0.15) is 5.75 Å². The van der Waals surface area contributed by atoms with Crippen LogP contribution in [0, 0.1) is 0 Å². The molecule has 1 aliphatic rings. The molecule has 7 heteroatoms. The van der Waals surface area contributed by atoms with Gasteiger partial charge in [0.05, 0.1) is 18.7 Å². The zero-order valence-corrected chi connectivity index (χ0v) is 15.1. The van der Waals surface area contributed by atoms with E-state index in [2.05, 4.69) is 27.5 Å². The van der Waals surface area contributed by atoms with Gasteiger partial charge in [-0.1, -0.05) is 35.9 Å². The molecule has 26 heavy (non-hydrogen) atoms. The summed E-state index contributed by atoms with van der Waals surface area (Å²) in [6.45, 7) is 2.63. The molecule has 0 amide bonds. The topological polar surface area (TPSA) is 78.0 Å². The summed E-state index contributed by atoms with van der Waals surface area (Å²) in [5.41, 5.74) is 8.13. The number of fused-ring (bicyclic) bond motifs is 1. The lowest BCUT2D eigenvalue weighted by Crippen LogP contribution is -2.28. The number of rotatable bonds is 4. The van der Waals surface area contributed by atoms with Gasteiger partial charge in [0.15, 0.2) is 0 Å². The number of halogens is 1. The minimum Gasteiger partial charge on any atom is -0.494 e. The fourth-order valence-corrected chi connectivity index (χ4v) is 3.46. The fraction of sp³-hybridized carbons (Fsp3) is 0.263. The standard InChI is InChI=1S/C19H20ClN5O/c1-2-26-15-9-5-12(6-10-15)16-11-17(13-3-7-14(20)8-4-13)25-19(22-16)23-18(21)24-25/h3-10,16-17H,2,11H2,1H3,(H3,21,22,23,24)/t16-,17-/m0/s1. The van der Waals surface area contributed by atoms with E-state index in [0.29, 0.717) is 17.6 Å². The predicted octanol–water partition coefficient (Wildman–Crippen LogP) is 4.06. The Hall–Kier alpha value is -2.73. The molecule has 2 aromatic carbocycles. The van der Waals surface area contributed by atoms with E-state index in [-0.39, 0.29) is 18.0 Å². The second-order valence-electron chi connectivity index (χ2n) is 6.24. The molecule has 0 spiro atoms. The van der Waals surface area contributed by atoms with Crippen molar-refractivity contribution in [1.29, 1.82) is 0 Å². The molecule has 0 radical (unpaired) electrons. The third kappa shape index (κ3) is 3.20. The van der Waals surface area contributed by atoms with Gasteiger partial charge in [0, 0.05) is 5.02 Å². The summed E-state index contributed by atoms with van der Waals surface area (Å²) in [5, 5.41) is 8.52. The van der Waals surface area contributed by atoms with Crippen molar-refractivity contribution in [2.24, 2.45) is 0 Å². The maximum atomic E-state index is 6.04. The van der Waals surface area contributed by atoms with Gasteiger partial charge in [-0.25, -0.2) is 4.68 Å². The van der Waals surface area contributed by atoms with Crippen LogP contribution in [0.5, 0.6) is 5.75 Å². The van der Waals surface area contributed by atoms with E-state index in [0.717, 1.165) is 17.7 Å². The normalized spacial score (nSPS) is 18.8. The molecule has 6 nitrogen and oxygen atoms in total. The average Bonchev–Trinajstić information content (AvgIpc) is 3.03. The van der Waals surface area contributed by atoms with Gasteiger partial charge in [-0.2, -0.15) is 4.98 Å². The number of anilines is 2. The fourth-order valence-electron chi connectivity index (χ4n) is 3.34. The number of nitrogens with two attached hydrogens (primary N) is 1. The van der Waals surface area contributed by atoms with E-state index in [9.17, 15) is 0 Å². The van der Waals surface area contributed by atoms with Gasteiger partial charge in [-0.05, 0) is 48.7 Å². The summed E-state index contributed by atoms with van der Waals surface area (Å²) < 4.78 is 7.38. The Morgan fingerprint density at radius 2 is 1.85 bits per heavy atom. The smallest absolute Gasteiger partial charge is 0.241 e. The molecular weight excluding hydrogens is 350 g/mol. The van der Waals surface area contributed by atoms with Gasteiger partial charge in [0.2, 0.25) is 11.9 Å². The molecule has 0 saturated heterocycles. The average molecular weight is 370 g/mol. The first-order valence-corrected chi connectivity index (χ1v) is 8.98. The van der Waals surface area contributed by atoms with Crippen LogP contribution in [0.2, 0.25) is 5.02 Å². The maximum Gasteiger partial charge on any atom is 0.241 e. The van der Waals surface area contributed by atoms with Crippen LogP contribution in [-0.4, -0.2) is 21.4 Å². The van der Waals surface area contributed by atoms with E-state index in [4.69, 9.17) is 22.1 Å². The Balaban J connectivity index is 1.67. The van der Waals surface area contributed by atoms with Crippen LogP contribution < -0.4 is 15.8 Å². The van der Waals surface area contributed by atoms with Gasteiger partial charge in [-0.3, -0.25) is 0 Å². The molecule has 0 saturated carbocycles. The molecule has 134 valence electrons. The molecule has 0 aliphatic carbocycles. The minimum atomic E-state index is 0.0323. The van der Waals surface area contributed by atoms with Gasteiger partial charge >= 0.3 is 0 Å². The first-order chi connectivity index (χ1) is 12.6. The largest absolute Gasteiger partial charge is 0.494 e. The number of ether oxygens (including phenoxy) is 1. The highest BCUT2D eigenvalue weighted by Crippen LogP contribution is 2.38. The Kier molecular flexibility index (Phi) is 4.42. The quantitative estimate of drug-likeness (QED) is 0.725. The third-order valence-corrected chi connectivity index (χ3v) is 4.81. The van der Waals surface area contributed by atoms with E-state index >= 15 is 0 Å². The van der Waals surface area contributed by atoms with Crippen molar-refractivity contribution in [2.75, 3.05) is 17.7 Å². The number of hydrogen-bond donors (Lipinski definition) is 2. The van der Waals surface area contributed by atoms with Gasteiger partial charge in [0.25, 0.3) is 0 Å². The summed E-state index contributed by atoms with van der Waals surface area (Å²) in [5.74, 6) is 1.81. The maximum absolute atomic E-state index is 6.04. The minimum absolute atomic E-state index is 0.0323. The third-order valence-electron chi connectivity index (χ3n) is 4.55. The molecule has 0 unspecified atom stereocenters. The number of nitrogens with zero attached hydrogens (tertiary/aromatic N) is 3. The Morgan fingerprint density at radius 3 is 2.54 bits per heavy atom. The Bertz CT molecular complexity index is 891. The lowest BCUT2D eigenvalue weighted by molar-refractivity contribution is 0.340. The first kappa shape index (κ1) is 16.7. The highest BCUT2D eigenvalue weighted by atomic mass is 35.5. The van der Waals surface area contributed by atoms with E-state index in [1.165, 1.54) is 5.56 Å². The molecule has 1 aliphatic heterocycles. The molecule has 1 aromatic heterocycles. The Morgan fingerprint density at radius 1 is 1.15 bits per heavy atom. The zero-order chi connectivity index (χ0) is 18.1. The molecule has 0 fully saturated rings. The molecule has 3 aromatic rings. The van der Waals surface area contributed by atoms with Crippen LogP contribution in [0.4, 0.5) is 11.9 Å². The zero-order valence-electron chi connectivity index (χ0n) is 14.4. The molecular formula is C19H20ClN5O. The van der Waals surface area contributed by atoms with Crippen molar-refractivity contribution < 1.29 is 4.74 Å². The summed E-state index contributed by atoms with van der Waals surface area (Å²) in [6.07, 6.45) is 0.825. The van der Waals surface area contributed by atoms with Crippen molar-refractivity contribution in [2.45, 2.75) is 25.4 Å². The van der Waals surface area contributed by atoms with Crippen LogP contribution in [-0.2, 0) is 0 Å². The summed E-state index contributed by atoms with van der Waals surface area (Å²) in [4.78, 5) is 4.34. The van der Waals surface area contributed by atoms with Crippen LogP contribution in [0.3, 0.4) is 0 Å². The second kappa shape index (κ2) is 6.88. The number of benzene rings is 2. The van der Waals surface area contributed by atoms with Crippen LogP contribution >= 0.6 is 11.6 Å². The van der Waals surface area contributed by atoms with E-state index in [1.54, 1.807) is 0 Å². The second-order valence-corrected chi connectivity index (χ2v) is 6.68. The molecule has 2 atom stereocenters. The van der Waals surface area contributed by atoms with E-state index < -0.39 is 0 Å². The molecule has 2 heterocycles. The van der Waals surface area contributed by atoms with Gasteiger partial charge in [-0.15, -0.1) is 5.10 Å². The summed E-state index contributed by atoms with van der Waals surface area (Å²) in [6, 6.07) is 16.1. The molecule has 0 bridgehead atoms. The number of nitrogens with one attached hydrogen (secondary N) is 1. The highest BCUT2D eigenvalue weighted by Gasteiger charge is 2.30. The number of nitrogen functional groups attached to an aromatic ring is 1. The Labute approximate surface area is 156 Å². The van der Waals surface area contributed by atoms with E-state index in [1.807, 2.05) is 48.0 Å². The van der Waals surface area contributed by atoms with Crippen molar-refractivity contribution in [1.82, 2.24) is 14.8 Å². The van der Waals surface area contributed by atoms with Crippen molar-refractivity contribution >= 4 is 23.5 Å². The number of hydrogen-bond acceptors (Lipinski definition) is 5. The van der Waals surface area contributed by atoms with Gasteiger partial charge < -0.3 is 15.8 Å². The van der Waals surface area contributed by atoms with Crippen LogP contribution in [0.25, 0.3) is 0 Å². The molecule has 4 rings (SSSR count). The lowest BCUT2D eigenvalue weighted by Gasteiger charge is -2.31. The number of aromatic nitrogens is 3. The summed E-state index contributed by atoms with van der Waals surface area (Å²) in [7, 11) is 0. The van der Waals surface area contributed by atoms with Crippen molar-refractivity contribution in [3.8, 4) is 5.75 Å². The van der Waals surface area contributed by atoms with Crippen LogP contribution in [0.15, 0.2) is 48.5 Å². The monoisotopic (exact) mass is 369 g/mol. The van der Waals surface area contributed by atoms with Crippen molar-refractivity contribution in [3.05, 3.63) is 64.7 Å². The first-order valence-electron chi connectivity index (χ1n) is 8.61.